The molecule has 2 aromatic rings. The number of amides is 1. The van der Waals surface area contributed by atoms with Crippen LogP contribution in [0.3, 0.4) is 0 Å². The monoisotopic (exact) mass is 334 g/mol. The van der Waals surface area contributed by atoms with E-state index in [2.05, 4.69) is 34.1 Å². The van der Waals surface area contributed by atoms with E-state index >= 15 is 0 Å². The Labute approximate surface area is 127 Å². The van der Waals surface area contributed by atoms with Crippen molar-refractivity contribution < 1.29 is 4.79 Å². The van der Waals surface area contributed by atoms with Crippen molar-refractivity contribution in [1.82, 2.24) is 0 Å². The molecule has 2 aromatic carbocycles. The van der Waals surface area contributed by atoms with Gasteiger partial charge in [-0.15, -0.1) is 0 Å². The molecule has 0 aliphatic heterocycles. The molecular weight excluding hydrogens is 316 g/mol. The van der Waals surface area contributed by atoms with Crippen LogP contribution in [0.1, 0.15) is 37.3 Å². The molecule has 4 heteroatoms. The normalized spacial score (nSPS) is 12.5. The number of halogens is 1. The van der Waals surface area contributed by atoms with Gasteiger partial charge in [-0.25, -0.2) is 0 Å². The van der Waals surface area contributed by atoms with E-state index < -0.39 is 0 Å². The Morgan fingerprint density at radius 2 is 1.80 bits per heavy atom. The predicted molar refractivity (Wildman–Crippen MR) is 86.2 cm³/mol. The van der Waals surface area contributed by atoms with Crippen molar-refractivity contribution in [3.63, 3.8) is 0 Å². The second kappa shape index (κ2) is 6.86. The lowest BCUT2D eigenvalue weighted by molar-refractivity contribution is -0.118. The SMILES string of the molecule is NC(=O)CCCCC(N)c1ccc(Br)c2ccccc12. The van der Waals surface area contributed by atoms with Crippen LogP contribution in [0.25, 0.3) is 10.8 Å². The third kappa shape index (κ3) is 3.58. The molecule has 0 fully saturated rings. The number of benzene rings is 2. The topological polar surface area (TPSA) is 69.1 Å². The zero-order valence-corrected chi connectivity index (χ0v) is 12.9. The fourth-order valence-corrected chi connectivity index (χ4v) is 2.91. The van der Waals surface area contributed by atoms with E-state index in [9.17, 15) is 4.79 Å². The summed E-state index contributed by atoms with van der Waals surface area (Å²) in [6.07, 6.45) is 3.01. The number of primary amides is 1. The van der Waals surface area contributed by atoms with E-state index in [1.807, 2.05) is 18.2 Å². The lowest BCUT2D eigenvalue weighted by atomic mass is 9.95. The number of nitrogens with two attached hydrogens (primary N) is 2. The first-order valence-corrected chi connectivity index (χ1v) is 7.60. The van der Waals surface area contributed by atoms with Crippen LogP contribution in [0, 0.1) is 0 Å². The van der Waals surface area contributed by atoms with Crippen LogP contribution in [0.15, 0.2) is 40.9 Å². The molecule has 0 spiro atoms. The van der Waals surface area contributed by atoms with Gasteiger partial charge in [0.2, 0.25) is 5.91 Å². The molecule has 1 atom stereocenters. The average molecular weight is 335 g/mol. The summed E-state index contributed by atoms with van der Waals surface area (Å²) in [4.78, 5) is 10.7. The molecule has 0 saturated carbocycles. The second-order valence-electron chi connectivity index (χ2n) is 5.00. The average Bonchev–Trinajstić information content (AvgIpc) is 2.44. The minimum absolute atomic E-state index is 0.0131. The number of carbonyl (C=O) groups excluding carboxylic acids is 1. The van der Waals surface area contributed by atoms with E-state index in [1.165, 1.54) is 10.8 Å². The van der Waals surface area contributed by atoms with Crippen LogP contribution < -0.4 is 11.5 Å². The van der Waals surface area contributed by atoms with Gasteiger partial charge in [-0.2, -0.15) is 0 Å². The molecule has 4 N–H and O–H groups in total. The maximum atomic E-state index is 10.7. The van der Waals surface area contributed by atoms with E-state index in [1.54, 1.807) is 0 Å². The molecule has 1 unspecified atom stereocenters. The highest BCUT2D eigenvalue weighted by atomic mass is 79.9. The molecule has 0 aliphatic carbocycles. The Kier molecular flexibility index (Phi) is 5.15. The van der Waals surface area contributed by atoms with Crippen molar-refractivity contribution in [1.29, 1.82) is 0 Å². The van der Waals surface area contributed by atoms with Gasteiger partial charge in [0.15, 0.2) is 0 Å². The van der Waals surface area contributed by atoms with Crippen LogP contribution in [-0.4, -0.2) is 5.91 Å². The highest BCUT2D eigenvalue weighted by Crippen LogP contribution is 2.31. The van der Waals surface area contributed by atoms with Gasteiger partial charge in [-0.05, 0) is 35.2 Å². The molecule has 0 aromatic heterocycles. The summed E-state index contributed by atoms with van der Waals surface area (Å²) in [5, 5.41) is 2.36. The van der Waals surface area contributed by atoms with Crippen molar-refractivity contribution in [2.45, 2.75) is 31.7 Å². The highest BCUT2D eigenvalue weighted by molar-refractivity contribution is 9.10. The fourth-order valence-electron chi connectivity index (χ4n) is 2.43. The Morgan fingerprint density at radius 3 is 2.50 bits per heavy atom. The minimum Gasteiger partial charge on any atom is -0.370 e. The maximum Gasteiger partial charge on any atom is 0.217 e. The summed E-state index contributed by atoms with van der Waals surface area (Å²) in [5.41, 5.74) is 12.6. The molecule has 0 radical (unpaired) electrons. The highest BCUT2D eigenvalue weighted by Gasteiger charge is 2.11. The standard InChI is InChI=1S/C16H19BrN2O/c17-14-10-9-13(11-5-1-2-6-12(11)14)15(18)7-3-4-8-16(19)20/h1-2,5-6,9-10,15H,3-4,7-8,18H2,(H2,19,20). The molecule has 0 saturated heterocycles. The van der Waals surface area contributed by atoms with Gasteiger partial charge in [0.1, 0.15) is 0 Å². The van der Waals surface area contributed by atoms with Crippen LogP contribution in [0.5, 0.6) is 0 Å². The van der Waals surface area contributed by atoms with E-state index in [0.717, 1.165) is 29.3 Å². The van der Waals surface area contributed by atoms with E-state index in [4.69, 9.17) is 11.5 Å². The minimum atomic E-state index is -0.243. The molecular formula is C16H19BrN2O. The third-order valence-electron chi connectivity index (χ3n) is 3.49. The first-order chi connectivity index (χ1) is 9.59. The summed E-state index contributed by atoms with van der Waals surface area (Å²) in [7, 11) is 0. The van der Waals surface area contributed by atoms with Crippen molar-refractivity contribution in [2.24, 2.45) is 11.5 Å². The zero-order chi connectivity index (χ0) is 14.5. The molecule has 3 nitrogen and oxygen atoms in total. The zero-order valence-electron chi connectivity index (χ0n) is 11.3. The summed E-state index contributed by atoms with van der Waals surface area (Å²) in [6, 6.07) is 12.3. The van der Waals surface area contributed by atoms with Crippen LogP contribution in [-0.2, 0) is 4.79 Å². The quantitative estimate of drug-likeness (QED) is 0.791. The Hall–Kier alpha value is -1.39. The number of fused-ring (bicyclic) bond motifs is 1. The first kappa shape index (κ1) is 15.0. The fraction of sp³-hybridized carbons (Fsp3) is 0.312. The number of rotatable bonds is 6. The molecule has 0 bridgehead atoms. The molecule has 0 aliphatic rings. The Balaban J connectivity index is 2.12. The molecule has 20 heavy (non-hydrogen) atoms. The smallest absolute Gasteiger partial charge is 0.217 e. The Morgan fingerprint density at radius 1 is 1.10 bits per heavy atom. The lowest BCUT2D eigenvalue weighted by Gasteiger charge is -2.15. The first-order valence-electron chi connectivity index (χ1n) is 6.80. The second-order valence-corrected chi connectivity index (χ2v) is 5.86. The summed E-state index contributed by atoms with van der Waals surface area (Å²) >= 11 is 3.57. The van der Waals surface area contributed by atoms with E-state index in [-0.39, 0.29) is 11.9 Å². The summed E-state index contributed by atoms with van der Waals surface area (Å²) < 4.78 is 1.08. The number of hydrogen-bond acceptors (Lipinski definition) is 2. The van der Waals surface area contributed by atoms with Gasteiger partial charge in [-0.3, -0.25) is 4.79 Å². The molecule has 2 rings (SSSR count). The Bertz CT molecular complexity index is 612. The van der Waals surface area contributed by atoms with Gasteiger partial charge in [0.25, 0.3) is 0 Å². The molecule has 106 valence electrons. The van der Waals surface area contributed by atoms with Crippen molar-refractivity contribution in [3.05, 3.63) is 46.4 Å². The van der Waals surface area contributed by atoms with Crippen LogP contribution in [0.4, 0.5) is 0 Å². The summed E-state index contributed by atoms with van der Waals surface area (Å²) in [5.74, 6) is -0.243. The molecule has 0 heterocycles. The maximum absolute atomic E-state index is 10.7. The molecule has 1 amide bonds. The van der Waals surface area contributed by atoms with Crippen LogP contribution in [0.2, 0.25) is 0 Å². The van der Waals surface area contributed by atoms with E-state index in [0.29, 0.717) is 6.42 Å². The van der Waals surface area contributed by atoms with Gasteiger partial charge in [0.05, 0.1) is 0 Å². The van der Waals surface area contributed by atoms with Crippen molar-refractivity contribution >= 4 is 32.6 Å². The predicted octanol–water partition coefficient (Wildman–Crippen LogP) is 3.65. The number of hydrogen-bond donors (Lipinski definition) is 2. The van der Waals surface area contributed by atoms with Gasteiger partial charge >= 0.3 is 0 Å². The van der Waals surface area contributed by atoms with Gasteiger partial charge < -0.3 is 11.5 Å². The largest absolute Gasteiger partial charge is 0.370 e. The number of carbonyl (C=O) groups is 1. The van der Waals surface area contributed by atoms with Crippen LogP contribution >= 0.6 is 15.9 Å². The van der Waals surface area contributed by atoms with Gasteiger partial charge in [-0.1, -0.05) is 52.7 Å². The van der Waals surface area contributed by atoms with Crippen molar-refractivity contribution in [3.8, 4) is 0 Å². The third-order valence-corrected chi connectivity index (χ3v) is 4.18. The number of unbranched alkanes of at least 4 members (excludes halogenated alkanes) is 1. The van der Waals surface area contributed by atoms with Crippen molar-refractivity contribution in [2.75, 3.05) is 0 Å². The lowest BCUT2D eigenvalue weighted by Crippen LogP contribution is -2.12. The van der Waals surface area contributed by atoms with Gasteiger partial charge in [0, 0.05) is 16.9 Å². The summed E-state index contributed by atoms with van der Waals surface area (Å²) in [6.45, 7) is 0.